The Balaban J connectivity index is 1.34. The van der Waals surface area contributed by atoms with Gasteiger partial charge in [-0.15, -0.1) is 11.3 Å². The fourth-order valence-electron chi connectivity index (χ4n) is 8.01. The van der Waals surface area contributed by atoms with Crippen LogP contribution in [0.4, 0.5) is 17.1 Å². The van der Waals surface area contributed by atoms with Gasteiger partial charge in [-0.25, -0.2) is 0 Å². The van der Waals surface area contributed by atoms with E-state index in [1.54, 1.807) is 0 Å². The van der Waals surface area contributed by atoms with Gasteiger partial charge in [0.1, 0.15) is 0 Å². The molecule has 0 saturated carbocycles. The summed E-state index contributed by atoms with van der Waals surface area (Å²) in [7, 11) is 0. The molecule has 2 heteroatoms. The highest BCUT2D eigenvalue weighted by Crippen LogP contribution is 2.50. The average Bonchev–Trinajstić information content (AvgIpc) is 3.61. The first-order valence-corrected chi connectivity index (χ1v) is 18.6. The summed E-state index contributed by atoms with van der Waals surface area (Å²) < 4.78 is 2.58. The monoisotopic (exact) mass is 679 g/mol. The molecule has 52 heavy (non-hydrogen) atoms. The smallest absolute Gasteiger partial charge is 0.0555 e. The first kappa shape index (κ1) is 30.4. The third-order valence-corrected chi connectivity index (χ3v) is 11.4. The molecule has 0 aliphatic heterocycles. The molecule has 0 aliphatic carbocycles. The topological polar surface area (TPSA) is 3.24 Å². The summed E-state index contributed by atoms with van der Waals surface area (Å²) in [5.41, 5.74) is 10.7. The van der Waals surface area contributed by atoms with E-state index in [0.29, 0.717) is 0 Å². The second-order valence-electron chi connectivity index (χ2n) is 13.2. The Morgan fingerprint density at radius 2 is 0.846 bits per heavy atom. The molecule has 0 bridgehead atoms. The normalized spacial score (nSPS) is 11.5. The van der Waals surface area contributed by atoms with Gasteiger partial charge in [0.05, 0.1) is 11.4 Å². The summed E-state index contributed by atoms with van der Waals surface area (Å²) >= 11 is 1.86. The quantitative estimate of drug-likeness (QED) is 0.158. The second kappa shape index (κ2) is 12.7. The third-order valence-electron chi connectivity index (χ3n) is 10.2. The molecule has 0 N–H and O–H groups in total. The van der Waals surface area contributed by atoms with Gasteiger partial charge in [-0.05, 0) is 85.8 Å². The minimum Gasteiger partial charge on any atom is -0.309 e. The number of anilines is 3. The molecule has 244 valence electrons. The largest absolute Gasteiger partial charge is 0.309 e. The molecule has 0 amide bonds. The molecule has 0 unspecified atom stereocenters. The van der Waals surface area contributed by atoms with E-state index in [2.05, 4.69) is 205 Å². The van der Waals surface area contributed by atoms with Gasteiger partial charge in [-0.1, -0.05) is 164 Å². The number of benzene rings is 9. The molecule has 0 fully saturated rings. The van der Waals surface area contributed by atoms with Crippen LogP contribution in [0.5, 0.6) is 0 Å². The van der Waals surface area contributed by atoms with E-state index in [4.69, 9.17) is 0 Å². The van der Waals surface area contributed by atoms with Crippen molar-refractivity contribution < 1.29 is 0 Å². The molecular weight excluding hydrogens is 647 g/mol. The van der Waals surface area contributed by atoms with E-state index >= 15 is 0 Å². The van der Waals surface area contributed by atoms with Crippen molar-refractivity contribution in [2.45, 2.75) is 0 Å². The van der Waals surface area contributed by atoms with Gasteiger partial charge >= 0.3 is 0 Å². The lowest BCUT2D eigenvalue weighted by molar-refractivity contribution is 1.31. The van der Waals surface area contributed by atoms with Crippen molar-refractivity contribution in [3.8, 4) is 33.4 Å². The molecule has 10 aromatic rings. The van der Waals surface area contributed by atoms with Gasteiger partial charge < -0.3 is 4.90 Å². The third kappa shape index (κ3) is 4.99. The van der Waals surface area contributed by atoms with Crippen LogP contribution in [0.1, 0.15) is 0 Å². The molecule has 0 spiro atoms. The Kier molecular flexibility index (Phi) is 7.41. The Morgan fingerprint density at radius 1 is 0.327 bits per heavy atom. The summed E-state index contributed by atoms with van der Waals surface area (Å²) in [6, 6.07) is 73.0. The van der Waals surface area contributed by atoms with Crippen molar-refractivity contribution in [3.05, 3.63) is 200 Å². The van der Waals surface area contributed by atoms with Crippen LogP contribution in [0, 0.1) is 0 Å². The lowest BCUT2D eigenvalue weighted by Gasteiger charge is -2.29. The fraction of sp³-hybridized carbons (Fsp3) is 0. The van der Waals surface area contributed by atoms with Crippen molar-refractivity contribution >= 4 is 70.1 Å². The van der Waals surface area contributed by atoms with Gasteiger partial charge in [0.25, 0.3) is 0 Å². The first-order chi connectivity index (χ1) is 25.8. The maximum atomic E-state index is 2.50. The number of para-hydroxylation sites is 1. The van der Waals surface area contributed by atoms with Gasteiger partial charge in [-0.3, -0.25) is 0 Å². The van der Waals surface area contributed by atoms with Crippen LogP contribution < -0.4 is 4.90 Å². The minimum absolute atomic E-state index is 1.12. The number of hydrogen-bond acceptors (Lipinski definition) is 2. The van der Waals surface area contributed by atoms with Gasteiger partial charge in [0.2, 0.25) is 0 Å². The zero-order valence-corrected chi connectivity index (χ0v) is 29.2. The van der Waals surface area contributed by atoms with E-state index < -0.39 is 0 Å². The second-order valence-corrected chi connectivity index (χ2v) is 14.3. The number of hydrogen-bond donors (Lipinski definition) is 0. The molecule has 0 aliphatic rings. The Morgan fingerprint density at radius 3 is 1.58 bits per heavy atom. The molecular formula is C50H33NS. The van der Waals surface area contributed by atoms with Crippen LogP contribution in [0.3, 0.4) is 0 Å². The van der Waals surface area contributed by atoms with Crippen LogP contribution in [0.15, 0.2) is 200 Å². The summed E-state index contributed by atoms with van der Waals surface area (Å²) in [6.07, 6.45) is 0. The van der Waals surface area contributed by atoms with E-state index in [1.165, 1.54) is 80.8 Å². The highest BCUT2D eigenvalue weighted by Gasteiger charge is 2.23. The first-order valence-electron chi connectivity index (χ1n) is 17.8. The molecule has 0 atom stereocenters. The minimum atomic E-state index is 1.12. The number of nitrogens with zero attached hydrogens (tertiary/aromatic N) is 1. The van der Waals surface area contributed by atoms with E-state index in [9.17, 15) is 0 Å². The predicted molar refractivity (Wildman–Crippen MR) is 225 cm³/mol. The lowest BCUT2D eigenvalue weighted by Crippen LogP contribution is -2.11. The fourth-order valence-corrected chi connectivity index (χ4v) is 9.14. The van der Waals surface area contributed by atoms with Crippen molar-refractivity contribution in [3.63, 3.8) is 0 Å². The summed E-state index contributed by atoms with van der Waals surface area (Å²) in [6.45, 7) is 0. The highest BCUT2D eigenvalue weighted by molar-refractivity contribution is 7.26. The summed E-state index contributed by atoms with van der Waals surface area (Å²) in [5.74, 6) is 0. The van der Waals surface area contributed by atoms with Crippen molar-refractivity contribution in [2.24, 2.45) is 0 Å². The Labute approximate surface area is 307 Å². The van der Waals surface area contributed by atoms with Crippen LogP contribution in [0.25, 0.3) is 75.1 Å². The highest BCUT2D eigenvalue weighted by atomic mass is 32.1. The van der Waals surface area contributed by atoms with E-state index in [0.717, 1.165) is 11.4 Å². The maximum absolute atomic E-state index is 2.50. The van der Waals surface area contributed by atoms with Crippen LogP contribution in [0.2, 0.25) is 0 Å². The van der Waals surface area contributed by atoms with Crippen molar-refractivity contribution in [2.75, 3.05) is 4.90 Å². The zero-order chi connectivity index (χ0) is 34.4. The SMILES string of the molecule is c1ccc(-c2ccccc2N(c2ccc3c(c2)c(-c2ccccc2)c(-c2ccccc2)c2ccccc23)c2cccc3sc4ccccc4c23)cc1. The maximum Gasteiger partial charge on any atom is 0.0555 e. The number of rotatable bonds is 6. The van der Waals surface area contributed by atoms with Crippen molar-refractivity contribution in [1.29, 1.82) is 0 Å². The number of fused-ring (bicyclic) bond motifs is 6. The van der Waals surface area contributed by atoms with Crippen molar-refractivity contribution in [1.82, 2.24) is 0 Å². The van der Waals surface area contributed by atoms with Crippen LogP contribution in [-0.4, -0.2) is 0 Å². The lowest BCUT2D eigenvalue weighted by atomic mass is 9.85. The van der Waals surface area contributed by atoms with Crippen LogP contribution in [-0.2, 0) is 0 Å². The molecule has 1 nitrogen and oxygen atoms in total. The van der Waals surface area contributed by atoms with Gasteiger partial charge in [0, 0.05) is 31.4 Å². The summed E-state index contributed by atoms with van der Waals surface area (Å²) in [4.78, 5) is 2.50. The molecule has 0 radical (unpaired) electrons. The predicted octanol–water partition coefficient (Wildman–Crippen LogP) is 14.8. The molecule has 1 aromatic heterocycles. The molecule has 10 rings (SSSR count). The van der Waals surface area contributed by atoms with E-state index in [1.807, 2.05) is 11.3 Å². The molecule has 0 saturated heterocycles. The Hall–Kier alpha value is -6.48. The molecule has 1 heterocycles. The molecule has 9 aromatic carbocycles. The standard InChI is InChI=1S/C50H33NS/c1-4-17-34(18-5-1)38-23-12-14-27-44(38)51(45-28-16-30-47-50(45)42-26-13-15-29-46(42)52-47)37-31-32-40-39-24-10-11-25-41(39)48(35-19-6-2-7-20-35)49(43(40)33-37)36-21-8-3-9-22-36/h1-33H. The number of thiophene rings is 1. The zero-order valence-electron chi connectivity index (χ0n) is 28.4. The van der Waals surface area contributed by atoms with E-state index in [-0.39, 0.29) is 0 Å². The van der Waals surface area contributed by atoms with Gasteiger partial charge in [0.15, 0.2) is 0 Å². The van der Waals surface area contributed by atoms with Crippen LogP contribution >= 0.6 is 11.3 Å². The average molecular weight is 680 g/mol. The van der Waals surface area contributed by atoms with Gasteiger partial charge in [-0.2, -0.15) is 0 Å². The Bertz CT molecular complexity index is 2890. The summed E-state index contributed by atoms with van der Waals surface area (Å²) in [5, 5.41) is 7.54.